The molecule has 5 rings (SSSR count). The van der Waals surface area contributed by atoms with Gasteiger partial charge in [0.05, 0.1) is 30.2 Å². The van der Waals surface area contributed by atoms with E-state index in [4.69, 9.17) is 20.2 Å². The van der Waals surface area contributed by atoms with Gasteiger partial charge in [0.2, 0.25) is 0 Å². The van der Waals surface area contributed by atoms with Gasteiger partial charge in [0.15, 0.2) is 0 Å². The molecule has 0 atom stereocenters. The van der Waals surface area contributed by atoms with Gasteiger partial charge in [-0.15, -0.1) is 0 Å². The standard InChI is InChI=1S/C31H29F3N4O2/c1-21-10-11-25(36-30(35)23-8-5-9-24(16-23)31(32,33)34)17-27(21)28-18-26(40-20-22-6-3-2-4-7-22)19-29(37-28)38-12-14-39-15-13-38/h2-11,16-19H,12-15,20H2,1H3,(H2,35,36). The van der Waals surface area contributed by atoms with Crippen molar-refractivity contribution in [1.82, 2.24) is 4.98 Å². The topological polar surface area (TPSA) is 73.0 Å². The van der Waals surface area contributed by atoms with Crippen LogP contribution in [0.5, 0.6) is 5.75 Å². The highest BCUT2D eigenvalue weighted by Crippen LogP contribution is 2.33. The molecule has 0 unspecified atom stereocenters. The van der Waals surface area contributed by atoms with E-state index < -0.39 is 11.7 Å². The number of ether oxygens (including phenoxy) is 2. The van der Waals surface area contributed by atoms with Crippen LogP contribution < -0.4 is 15.4 Å². The van der Waals surface area contributed by atoms with Gasteiger partial charge < -0.3 is 20.1 Å². The van der Waals surface area contributed by atoms with Crippen LogP contribution in [0.25, 0.3) is 11.3 Å². The Bertz CT molecular complexity index is 1500. The van der Waals surface area contributed by atoms with Crippen LogP contribution in [-0.2, 0) is 17.5 Å². The van der Waals surface area contributed by atoms with Crippen LogP contribution >= 0.6 is 0 Å². The van der Waals surface area contributed by atoms with E-state index in [1.807, 2.05) is 61.5 Å². The van der Waals surface area contributed by atoms with Crippen LogP contribution in [0.1, 0.15) is 22.3 Å². The summed E-state index contributed by atoms with van der Waals surface area (Å²) in [6, 6.07) is 24.1. The maximum absolute atomic E-state index is 13.2. The predicted molar refractivity (Wildman–Crippen MR) is 150 cm³/mol. The first kappa shape index (κ1) is 27.2. The summed E-state index contributed by atoms with van der Waals surface area (Å²) < 4.78 is 51.3. The second-order valence-corrected chi connectivity index (χ2v) is 9.49. The van der Waals surface area contributed by atoms with E-state index in [2.05, 4.69) is 9.89 Å². The Morgan fingerprint density at radius 1 is 0.975 bits per heavy atom. The van der Waals surface area contributed by atoms with Crippen molar-refractivity contribution in [2.24, 2.45) is 10.7 Å². The van der Waals surface area contributed by atoms with Crippen LogP contribution in [0, 0.1) is 6.92 Å². The maximum atomic E-state index is 13.2. The first-order valence-electron chi connectivity index (χ1n) is 12.9. The van der Waals surface area contributed by atoms with Crippen LogP contribution in [0.3, 0.4) is 0 Å². The third-order valence-corrected chi connectivity index (χ3v) is 6.60. The Morgan fingerprint density at radius 3 is 2.50 bits per heavy atom. The number of pyridine rings is 1. The average Bonchev–Trinajstić information content (AvgIpc) is 2.97. The third-order valence-electron chi connectivity index (χ3n) is 6.60. The summed E-state index contributed by atoms with van der Waals surface area (Å²) in [5, 5.41) is 0. The lowest BCUT2D eigenvalue weighted by Gasteiger charge is -2.28. The fourth-order valence-corrected chi connectivity index (χ4v) is 4.42. The van der Waals surface area contributed by atoms with E-state index in [9.17, 15) is 13.2 Å². The molecule has 4 aromatic rings. The van der Waals surface area contributed by atoms with E-state index in [1.165, 1.54) is 12.1 Å². The highest BCUT2D eigenvalue weighted by atomic mass is 19.4. The molecule has 0 radical (unpaired) electrons. The summed E-state index contributed by atoms with van der Waals surface area (Å²) in [6.07, 6.45) is -4.47. The van der Waals surface area contributed by atoms with Crippen molar-refractivity contribution in [1.29, 1.82) is 0 Å². The lowest BCUT2D eigenvalue weighted by Crippen LogP contribution is -2.36. The van der Waals surface area contributed by atoms with Gasteiger partial charge >= 0.3 is 6.18 Å². The van der Waals surface area contributed by atoms with Crippen LogP contribution in [0.4, 0.5) is 24.7 Å². The molecular formula is C31H29F3N4O2. The maximum Gasteiger partial charge on any atom is 0.416 e. The number of aromatic nitrogens is 1. The van der Waals surface area contributed by atoms with Gasteiger partial charge in [-0.05, 0) is 42.3 Å². The first-order valence-corrected chi connectivity index (χ1v) is 12.9. The van der Waals surface area contributed by atoms with E-state index in [-0.39, 0.29) is 11.4 Å². The molecule has 6 nitrogen and oxygen atoms in total. The summed E-state index contributed by atoms with van der Waals surface area (Å²) >= 11 is 0. The first-order chi connectivity index (χ1) is 19.3. The molecule has 1 aliphatic heterocycles. The van der Waals surface area contributed by atoms with Crippen molar-refractivity contribution >= 4 is 17.3 Å². The zero-order chi connectivity index (χ0) is 28.1. The lowest BCUT2D eigenvalue weighted by atomic mass is 10.0. The van der Waals surface area contributed by atoms with Crippen LogP contribution in [0.15, 0.2) is 89.9 Å². The van der Waals surface area contributed by atoms with Gasteiger partial charge in [-0.25, -0.2) is 9.98 Å². The molecule has 0 amide bonds. The second kappa shape index (κ2) is 11.8. The van der Waals surface area contributed by atoms with Gasteiger partial charge in [-0.2, -0.15) is 13.2 Å². The largest absolute Gasteiger partial charge is 0.489 e. The molecule has 0 saturated carbocycles. The molecule has 40 heavy (non-hydrogen) atoms. The number of halogens is 3. The average molecular weight is 547 g/mol. The number of rotatable bonds is 7. The number of alkyl halides is 3. The van der Waals surface area contributed by atoms with Crippen molar-refractivity contribution in [3.8, 4) is 17.0 Å². The molecule has 9 heteroatoms. The second-order valence-electron chi connectivity index (χ2n) is 9.49. The smallest absolute Gasteiger partial charge is 0.416 e. The minimum atomic E-state index is -4.47. The van der Waals surface area contributed by atoms with Crippen LogP contribution in [0.2, 0.25) is 0 Å². The van der Waals surface area contributed by atoms with Gasteiger partial charge in [0.25, 0.3) is 0 Å². The molecule has 0 spiro atoms. The van der Waals surface area contributed by atoms with Gasteiger partial charge in [0, 0.05) is 36.3 Å². The fraction of sp³-hybridized carbons (Fsp3) is 0.226. The summed E-state index contributed by atoms with van der Waals surface area (Å²) in [6.45, 7) is 5.03. The van der Waals surface area contributed by atoms with Crippen LogP contribution in [-0.4, -0.2) is 37.1 Å². The summed E-state index contributed by atoms with van der Waals surface area (Å²) in [5.41, 5.74) is 9.57. The van der Waals surface area contributed by atoms with E-state index in [0.29, 0.717) is 50.0 Å². The van der Waals surface area contributed by atoms with Crippen molar-refractivity contribution < 1.29 is 22.6 Å². The fourth-order valence-electron chi connectivity index (χ4n) is 4.42. The molecule has 2 N–H and O–H groups in total. The number of aliphatic imine (C=N–C) groups is 1. The normalized spacial score (nSPS) is 14.3. The Kier molecular flexibility index (Phi) is 8.02. The van der Waals surface area contributed by atoms with Gasteiger partial charge in [0.1, 0.15) is 24.0 Å². The zero-order valence-corrected chi connectivity index (χ0v) is 22.0. The molecule has 1 saturated heterocycles. The Balaban J connectivity index is 1.49. The quantitative estimate of drug-likeness (QED) is 0.211. The molecule has 2 heterocycles. The van der Waals surface area contributed by atoms with E-state index >= 15 is 0 Å². The molecule has 1 fully saturated rings. The van der Waals surface area contributed by atoms with Gasteiger partial charge in [-0.1, -0.05) is 48.5 Å². The number of nitrogens with two attached hydrogens (primary N) is 1. The van der Waals surface area contributed by atoms with E-state index in [1.54, 1.807) is 6.07 Å². The number of anilines is 1. The minimum Gasteiger partial charge on any atom is -0.489 e. The number of amidine groups is 1. The highest BCUT2D eigenvalue weighted by molar-refractivity contribution is 5.99. The number of aryl methyl sites for hydroxylation is 1. The number of nitrogens with zero attached hydrogens (tertiary/aromatic N) is 3. The molecule has 0 aliphatic carbocycles. The number of benzene rings is 3. The molecule has 0 bridgehead atoms. The monoisotopic (exact) mass is 546 g/mol. The SMILES string of the molecule is Cc1ccc(N=C(N)c2cccc(C(F)(F)F)c2)cc1-c1cc(OCc2ccccc2)cc(N2CCOCC2)n1. The highest BCUT2D eigenvalue weighted by Gasteiger charge is 2.30. The number of morpholine rings is 1. The Morgan fingerprint density at radius 2 is 1.75 bits per heavy atom. The predicted octanol–water partition coefficient (Wildman–Crippen LogP) is 6.53. The summed E-state index contributed by atoms with van der Waals surface area (Å²) in [4.78, 5) is 11.5. The minimum absolute atomic E-state index is 0.0113. The number of hydrogen-bond donors (Lipinski definition) is 1. The molecule has 1 aliphatic rings. The van der Waals surface area contributed by atoms with Crippen molar-refractivity contribution in [3.05, 3.63) is 107 Å². The lowest BCUT2D eigenvalue weighted by molar-refractivity contribution is -0.137. The van der Waals surface area contributed by atoms with Crippen molar-refractivity contribution in [2.75, 3.05) is 31.2 Å². The molecule has 1 aromatic heterocycles. The van der Waals surface area contributed by atoms with Crippen molar-refractivity contribution in [2.45, 2.75) is 19.7 Å². The van der Waals surface area contributed by atoms with Crippen molar-refractivity contribution in [3.63, 3.8) is 0 Å². The Labute approximate surface area is 230 Å². The molecule has 3 aromatic carbocycles. The summed E-state index contributed by atoms with van der Waals surface area (Å²) in [5.74, 6) is 1.44. The number of hydrogen-bond acceptors (Lipinski definition) is 5. The molecular weight excluding hydrogens is 517 g/mol. The zero-order valence-electron chi connectivity index (χ0n) is 22.0. The Hall–Kier alpha value is -4.37. The summed E-state index contributed by atoms with van der Waals surface area (Å²) in [7, 11) is 0. The van der Waals surface area contributed by atoms with E-state index in [0.717, 1.165) is 34.6 Å². The third kappa shape index (κ3) is 6.60. The van der Waals surface area contributed by atoms with Gasteiger partial charge in [-0.3, -0.25) is 0 Å². The molecule has 206 valence electrons.